The summed E-state index contributed by atoms with van der Waals surface area (Å²) in [5.41, 5.74) is 0. The predicted octanol–water partition coefficient (Wildman–Crippen LogP) is 2.06. The van der Waals surface area contributed by atoms with Crippen LogP contribution in [0.25, 0.3) is 0 Å². The average Bonchev–Trinajstić information content (AvgIpc) is 2.74. The predicted molar refractivity (Wildman–Crippen MR) is 84.4 cm³/mol. The molecule has 1 saturated heterocycles. The molecule has 1 aliphatic rings. The molecule has 0 saturated carbocycles. The van der Waals surface area contributed by atoms with Crippen molar-refractivity contribution in [3.63, 3.8) is 0 Å². The SMILES string of the molecule is CCOC(C)C(=O)Oc1ccc(OC2CCCCNC2=O)cc1. The normalized spacial score (nSPS) is 19.4. The number of nitrogens with one attached hydrogen (secondary N) is 1. The fraction of sp³-hybridized carbons (Fsp3) is 0.529. The van der Waals surface area contributed by atoms with Crippen LogP contribution in [0.4, 0.5) is 0 Å². The smallest absolute Gasteiger partial charge is 0.340 e. The molecule has 1 N–H and O–H groups in total. The largest absolute Gasteiger partial charge is 0.481 e. The van der Waals surface area contributed by atoms with E-state index in [1.165, 1.54) is 0 Å². The summed E-state index contributed by atoms with van der Waals surface area (Å²) < 4.78 is 16.1. The summed E-state index contributed by atoms with van der Waals surface area (Å²) in [6.07, 6.45) is 1.55. The van der Waals surface area contributed by atoms with Crippen LogP contribution in [0, 0.1) is 0 Å². The number of esters is 1. The van der Waals surface area contributed by atoms with E-state index in [1.807, 2.05) is 6.92 Å². The first-order valence-corrected chi connectivity index (χ1v) is 7.98. The van der Waals surface area contributed by atoms with E-state index in [2.05, 4.69) is 5.32 Å². The lowest BCUT2D eigenvalue weighted by atomic mass is 10.2. The zero-order chi connectivity index (χ0) is 16.7. The van der Waals surface area contributed by atoms with Crippen molar-refractivity contribution in [2.24, 2.45) is 0 Å². The quantitative estimate of drug-likeness (QED) is 0.641. The second kappa shape index (κ2) is 8.53. The zero-order valence-corrected chi connectivity index (χ0v) is 13.5. The Morgan fingerprint density at radius 3 is 2.65 bits per heavy atom. The van der Waals surface area contributed by atoms with Crippen molar-refractivity contribution >= 4 is 11.9 Å². The molecule has 1 aromatic carbocycles. The van der Waals surface area contributed by atoms with Crippen LogP contribution in [0.1, 0.15) is 33.1 Å². The Kier molecular flexibility index (Phi) is 6.40. The van der Waals surface area contributed by atoms with Crippen molar-refractivity contribution in [3.8, 4) is 11.5 Å². The molecule has 1 aromatic rings. The van der Waals surface area contributed by atoms with E-state index in [1.54, 1.807) is 31.2 Å². The first kappa shape index (κ1) is 17.3. The standard InChI is InChI=1S/C17H23NO5/c1-3-21-12(2)17(20)23-14-9-7-13(8-10-14)22-15-6-4-5-11-18-16(15)19/h7-10,12,15H,3-6,11H2,1-2H3,(H,18,19). The van der Waals surface area contributed by atoms with Crippen molar-refractivity contribution in [2.45, 2.75) is 45.3 Å². The van der Waals surface area contributed by atoms with Crippen LogP contribution in [0.5, 0.6) is 11.5 Å². The van der Waals surface area contributed by atoms with Crippen LogP contribution in [-0.2, 0) is 14.3 Å². The molecule has 2 unspecified atom stereocenters. The average molecular weight is 321 g/mol. The maximum absolute atomic E-state index is 11.8. The Hall–Kier alpha value is -2.08. The molecule has 1 aliphatic heterocycles. The van der Waals surface area contributed by atoms with Gasteiger partial charge in [0.1, 0.15) is 11.5 Å². The second-order valence-corrected chi connectivity index (χ2v) is 5.38. The Morgan fingerprint density at radius 1 is 1.26 bits per heavy atom. The minimum atomic E-state index is -0.606. The van der Waals surface area contributed by atoms with Crippen molar-refractivity contribution in [2.75, 3.05) is 13.2 Å². The molecule has 0 aromatic heterocycles. The Labute approximate surface area is 136 Å². The third-order valence-electron chi connectivity index (χ3n) is 3.55. The number of ether oxygens (including phenoxy) is 3. The Morgan fingerprint density at radius 2 is 1.96 bits per heavy atom. The summed E-state index contributed by atoms with van der Waals surface area (Å²) in [7, 11) is 0. The van der Waals surface area contributed by atoms with Crippen molar-refractivity contribution in [1.82, 2.24) is 5.32 Å². The minimum Gasteiger partial charge on any atom is -0.481 e. The van der Waals surface area contributed by atoms with Crippen LogP contribution in [-0.4, -0.2) is 37.2 Å². The van der Waals surface area contributed by atoms with Gasteiger partial charge in [0.05, 0.1) is 0 Å². The van der Waals surface area contributed by atoms with Gasteiger partial charge in [-0.05, 0) is 57.4 Å². The first-order chi connectivity index (χ1) is 11.1. The van der Waals surface area contributed by atoms with E-state index in [-0.39, 0.29) is 5.91 Å². The van der Waals surface area contributed by atoms with Crippen LogP contribution in [0.2, 0.25) is 0 Å². The topological polar surface area (TPSA) is 73.9 Å². The minimum absolute atomic E-state index is 0.0801. The number of carbonyl (C=O) groups is 2. The summed E-state index contributed by atoms with van der Waals surface area (Å²) in [5, 5.41) is 2.83. The van der Waals surface area contributed by atoms with E-state index < -0.39 is 18.2 Å². The number of benzene rings is 1. The van der Waals surface area contributed by atoms with E-state index in [4.69, 9.17) is 14.2 Å². The van der Waals surface area contributed by atoms with Crippen molar-refractivity contribution in [3.05, 3.63) is 24.3 Å². The summed E-state index contributed by atoms with van der Waals surface area (Å²) >= 11 is 0. The van der Waals surface area contributed by atoms with Crippen molar-refractivity contribution in [1.29, 1.82) is 0 Å². The molecule has 2 atom stereocenters. The highest BCUT2D eigenvalue weighted by Gasteiger charge is 2.22. The van der Waals surface area contributed by atoms with E-state index in [9.17, 15) is 9.59 Å². The van der Waals surface area contributed by atoms with Crippen molar-refractivity contribution < 1.29 is 23.8 Å². The molecule has 0 aliphatic carbocycles. The molecule has 1 fully saturated rings. The molecular weight excluding hydrogens is 298 g/mol. The Balaban J connectivity index is 1.91. The van der Waals surface area contributed by atoms with Gasteiger partial charge in [-0.3, -0.25) is 4.79 Å². The number of rotatable bonds is 6. The fourth-order valence-electron chi connectivity index (χ4n) is 2.29. The van der Waals surface area contributed by atoms with Gasteiger partial charge >= 0.3 is 5.97 Å². The van der Waals surface area contributed by atoms with Gasteiger partial charge in [-0.2, -0.15) is 0 Å². The van der Waals surface area contributed by atoms with E-state index in [0.717, 1.165) is 12.8 Å². The lowest BCUT2D eigenvalue weighted by Gasteiger charge is -2.16. The maximum Gasteiger partial charge on any atom is 0.340 e. The Bertz CT molecular complexity index is 528. The third kappa shape index (κ3) is 5.25. The van der Waals surface area contributed by atoms with Gasteiger partial charge in [0.15, 0.2) is 12.2 Å². The molecular formula is C17H23NO5. The molecule has 23 heavy (non-hydrogen) atoms. The van der Waals surface area contributed by atoms with E-state index >= 15 is 0 Å². The monoisotopic (exact) mass is 321 g/mol. The molecule has 6 nitrogen and oxygen atoms in total. The number of carbonyl (C=O) groups excluding carboxylic acids is 2. The first-order valence-electron chi connectivity index (χ1n) is 7.98. The summed E-state index contributed by atoms with van der Waals surface area (Å²) in [4.78, 5) is 23.6. The molecule has 1 amide bonds. The number of amides is 1. The van der Waals surface area contributed by atoms with Gasteiger partial charge in [0, 0.05) is 13.2 Å². The highest BCUT2D eigenvalue weighted by molar-refractivity contribution is 5.81. The molecule has 6 heteroatoms. The molecule has 0 spiro atoms. The van der Waals surface area contributed by atoms with Gasteiger partial charge in [-0.1, -0.05) is 0 Å². The lowest BCUT2D eigenvalue weighted by Crippen LogP contribution is -2.36. The highest BCUT2D eigenvalue weighted by Crippen LogP contribution is 2.21. The maximum atomic E-state index is 11.8. The van der Waals surface area contributed by atoms with Gasteiger partial charge in [-0.15, -0.1) is 0 Å². The fourth-order valence-corrected chi connectivity index (χ4v) is 2.29. The van der Waals surface area contributed by atoms with Gasteiger partial charge in [-0.25, -0.2) is 4.79 Å². The molecule has 0 bridgehead atoms. The van der Waals surface area contributed by atoms with Gasteiger partial charge < -0.3 is 19.5 Å². The lowest BCUT2D eigenvalue weighted by molar-refractivity contribution is -0.145. The van der Waals surface area contributed by atoms with Crippen LogP contribution in [0.15, 0.2) is 24.3 Å². The van der Waals surface area contributed by atoms with Gasteiger partial charge in [0.25, 0.3) is 5.91 Å². The molecule has 0 radical (unpaired) electrons. The molecule has 126 valence electrons. The van der Waals surface area contributed by atoms with Crippen LogP contribution < -0.4 is 14.8 Å². The second-order valence-electron chi connectivity index (χ2n) is 5.38. The van der Waals surface area contributed by atoms with Gasteiger partial charge in [0.2, 0.25) is 0 Å². The molecule has 1 heterocycles. The zero-order valence-electron chi connectivity index (χ0n) is 13.5. The summed E-state index contributed by atoms with van der Waals surface area (Å²) in [5.74, 6) is 0.469. The van der Waals surface area contributed by atoms with Crippen LogP contribution >= 0.6 is 0 Å². The van der Waals surface area contributed by atoms with E-state index in [0.29, 0.717) is 31.1 Å². The number of hydrogen-bond donors (Lipinski definition) is 1. The summed E-state index contributed by atoms with van der Waals surface area (Å²) in [6, 6.07) is 6.65. The molecule has 2 rings (SSSR count). The van der Waals surface area contributed by atoms with Crippen LogP contribution in [0.3, 0.4) is 0 Å². The third-order valence-corrected chi connectivity index (χ3v) is 3.55. The highest BCUT2D eigenvalue weighted by atomic mass is 16.6. The number of hydrogen-bond acceptors (Lipinski definition) is 5. The summed E-state index contributed by atoms with van der Waals surface area (Å²) in [6.45, 7) is 4.62.